The van der Waals surface area contributed by atoms with Gasteiger partial charge in [-0.2, -0.15) is 0 Å². The predicted octanol–water partition coefficient (Wildman–Crippen LogP) is 6.38. The first kappa shape index (κ1) is 17.2. The summed E-state index contributed by atoms with van der Waals surface area (Å²) in [5.41, 5.74) is 0.719. The number of thiophene rings is 1. The van der Waals surface area contributed by atoms with Crippen molar-refractivity contribution in [3.8, 4) is 9.88 Å². The molecule has 2 aromatic heterocycles. The van der Waals surface area contributed by atoms with Crippen LogP contribution in [0.5, 0.6) is 0 Å². The quantitative estimate of drug-likeness (QED) is 0.304. The van der Waals surface area contributed by atoms with Crippen molar-refractivity contribution in [3.05, 3.63) is 62.6 Å². The first-order valence-corrected chi connectivity index (χ1v) is 9.63. The van der Waals surface area contributed by atoms with Crippen molar-refractivity contribution in [2.75, 3.05) is 5.32 Å². The number of aromatic nitrogens is 2. The smallest absolute Gasteiger partial charge is 0.269 e. The molecule has 2 heterocycles. The molecule has 26 heavy (non-hydrogen) atoms. The number of non-ortho nitro benzene ring substituents is 1. The van der Waals surface area contributed by atoms with E-state index < -0.39 is 4.92 Å². The summed E-state index contributed by atoms with van der Waals surface area (Å²) in [7, 11) is 0. The van der Waals surface area contributed by atoms with Crippen LogP contribution in [0.4, 0.5) is 16.5 Å². The zero-order chi connectivity index (χ0) is 18.3. The Labute approximate surface area is 165 Å². The summed E-state index contributed by atoms with van der Waals surface area (Å²) in [5.74, 6) is 0. The fourth-order valence-electron chi connectivity index (χ4n) is 2.33. The van der Waals surface area contributed by atoms with Gasteiger partial charge in [-0.25, -0.2) is 0 Å². The molecule has 0 saturated carbocycles. The summed E-state index contributed by atoms with van der Waals surface area (Å²) in [5, 5.41) is 25.5. The lowest BCUT2D eigenvalue weighted by atomic mass is 10.2. The van der Waals surface area contributed by atoms with Crippen LogP contribution in [0.3, 0.4) is 0 Å². The monoisotopic (exact) mass is 422 g/mol. The van der Waals surface area contributed by atoms with Gasteiger partial charge in [0.1, 0.15) is 0 Å². The van der Waals surface area contributed by atoms with Gasteiger partial charge in [-0.15, -0.1) is 21.5 Å². The highest BCUT2D eigenvalue weighted by atomic mass is 35.5. The molecule has 2 aromatic carbocycles. The molecule has 0 aliphatic heterocycles. The Hall–Kier alpha value is -2.26. The second-order valence-electron chi connectivity index (χ2n) is 5.23. The molecule has 0 aliphatic rings. The number of nitro groups is 1. The van der Waals surface area contributed by atoms with Crippen LogP contribution in [0.2, 0.25) is 10.0 Å². The minimum Gasteiger partial charge on any atom is -0.330 e. The van der Waals surface area contributed by atoms with Crippen LogP contribution in [0.15, 0.2) is 42.5 Å². The van der Waals surface area contributed by atoms with Crippen LogP contribution >= 0.6 is 45.9 Å². The normalized spacial score (nSPS) is 11.0. The molecule has 0 bridgehead atoms. The van der Waals surface area contributed by atoms with Crippen LogP contribution in [0, 0.1) is 10.1 Å². The Morgan fingerprint density at radius 1 is 1.04 bits per heavy atom. The van der Waals surface area contributed by atoms with E-state index in [0.29, 0.717) is 25.9 Å². The van der Waals surface area contributed by atoms with Gasteiger partial charge in [0.2, 0.25) is 5.13 Å². The Balaban J connectivity index is 1.62. The lowest BCUT2D eigenvalue weighted by molar-refractivity contribution is -0.384. The summed E-state index contributed by atoms with van der Waals surface area (Å²) >= 11 is 15.4. The molecule has 6 nitrogen and oxygen atoms in total. The highest BCUT2D eigenvalue weighted by Gasteiger charge is 2.17. The summed E-state index contributed by atoms with van der Waals surface area (Å²) in [6, 6.07) is 11.7. The van der Waals surface area contributed by atoms with Gasteiger partial charge in [0.25, 0.3) is 5.69 Å². The average molecular weight is 423 g/mol. The Kier molecular flexibility index (Phi) is 4.49. The first-order valence-electron chi connectivity index (χ1n) is 7.24. The number of nitro benzene ring substituents is 1. The lowest BCUT2D eigenvalue weighted by Gasteiger charge is -2.00. The standard InChI is InChI=1S/C16H8Cl2N4O2S2/c17-8-1-6-12-11(7-8)13(18)14(25-12)15-20-21-16(26-15)19-9-2-4-10(5-3-9)22(23)24/h1-7H,(H,19,21). The Morgan fingerprint density at radius 2 is 1.81 bits per heavy atom. The van der Waals surface area contributed by atoms with E-state index in [-0.39, 0.29) is 5.69 Å². The van der Waals surface area contributed by atoms with Crippen molar-refractivity contribution in [3.63, 3.8) is 0 Å². The summed E-state index contributed by atoms with van der Waals surface area (Å²) < 4.78 is 1.02. The van der Waals surface area contributed by atoms with Gasteiger partial charge in [-0.05, 0) is 30.3 Å². The van der Waals surface area contributed by atoms with Crippen LogP contribution in [-0.4, -0.2) is 15.1 Å². The average Bonchev–Trinajstić information content (AvgIpc) is 3.20. The van der Waals surface area contributed by atoms with Crippen molar-refractivity contribution in [1.82, 2.24) is 10.2 Å². The van der Waals surface area contributed by atoms with Gasteiger partial charge in [-0.1, -0.05) is 34.5 Å². The molecule has 0 amide bonds. The van der Waals surface area contributed by atoms with Crippen LogP contribution in [0.1, 0.15) is 0 Å². The van der Waals surface area contributed by atoms with Crippen molar-refractivity contribution < 1.29 is 4.92 Å². The SMILES string of the molecule is O=[N+]([O-])c1ccc(Nc2nnc(-c3sc4ccc(Cl)cc4c3Cl)s2)cc1. The van der Waals surface area contributed by atoms with E-state index in [1.807, 2.05) is 18.2 Å². The third-order valence-corrected chi connectivity index (χ3v) is 6.44. The van der Waals surface area contributed by atoms with E-state index in [1.54, 1.807) is 12.1 Å². The van der Waals surface area contributed by atoms with Gasteiger partial charge in [0, 0.05) is 32.9 Å². The fraction of sp³-hybridized carbons (Fsp3) is 0. The molecule has 0 spiro atoms. The minimum atomic E-state index is -0.442. The highest BCUT2D eigenvalue weighted by Crippen LogP contribution is 2.44. The maximum absolute atomic E-state index is 10.7. The number of nitrogens with zero attached hydrogens (tertiary/aromatic N) is 3. The summed E-state index contributed by atoms with van der Waals surface area (Å²) in [4.78, 5) is 11.1. The van der Waals surface area contributed by atoms with E-state index in [9.17, 15) is 10.1 Å². The molecule has 0 fully saturated rings. The maximum atomic E-state index is 10.7. The number of fused-ring (bicyclic) bond motifs is 1. The summed E-state index contributed by atoms with van der Waals surface area (Å²) in [6.07, 6.45) is 0. The number of rotatable bonds is 4. The second-order valence-corrected chi connectivity index (χ2v) is 8.07. The number of benzene rings is 2. The molecule has 0 unspecified atom stereocenters. The zero-order valence-electron chi connectivity index (χ0n) is 12.8. The molecular formula is C16H8Cl2N4O2S2. The van der Waals surface area contributed by atoms with E-state index in [0.717, 1.165) is 15.0 Å². The Bertz CT molecular complexity index is 1130. The number of hydrogen-bond donors (Lipinski definition) is 1. The number of anilines is 2. The molecule has 4 rings (SSSR count). The van der Waals surface area contributed by atoms with Gasteiger partial charge < -0.3 is 5.32 Å². The minimum absolute atomic E-state index is 0.0317. The third kappa shape index (κ3) is 3.24. The predicted molar refractivity (Wildman–Crippen MR) is 107 cm³/mol. The van der Waals surface area contributed by atoms with Crippen molar-refractivity contribution in [2.24, 2.45) is 0 Å². The highest BCUT2D eigenvalue weighted by molar-refractivity contribution is 7.27. The number of nitrogens with one attached hydrogen (secondary N) is 1. The fourth-order valence-corrected chi connectivity index (χ4v) is 4.89. The van der Waals surface area contributed by atoms with Crippen molar-refractivity contribution in [2.45, 2.75) is 0 Å². The molecule has 130 valence electrons. The van der Waals surface area contributed by atoms with Crippen molar-refractivity contribution in [1.29, 1.82) is 0 Å². The molecule has 10 heteroatoms. The van der Waals surface area contributed by atoms with Crippen molar-refractivity contribution >= 4 is 72.5 Å². The van der Waals surface area contributed by atoms with Gasteiger partial charge >= 0.3 is 0 Å². The second kappa shape index (κ2) is 6.81. The van der Waals surface area contributed by atoms with Gasteiger partial charge in [0.05, 0.1) is 14.8 Å². The lowest BCUT2D eigenvalue weighted by Crippen LogP contribution is -1.91. The number of hydrogen-bond acceptors (Lipinski definition) is 7. The topological polar surface area (TPSA) is 81.0 Å². The molecule has 0 radical (unpaired) electrons. The number of halogens is 2. The first-order chi connectivity index (χ1) is 12.5. The third-order valence-electron chi connectivity index (χ3n) is 3.54. The molecule has 1 N–H and O–H groups in total. The largest absolute Gasteiger partial charge is 0.330 e. The maximum Gasteiger partial charge on any atom is 0.269 e. The van der Waals surface area contributed by atoms with Gasteiger partial charge in [0.15, 0.2) is 5.01 Å². The van der Waals surface area contributed by atoms with Crippen LogP contribution < -0.4 is 5.32 Å². The van der Waals surface area contributed by atoms with E-state index in [2.05, 4.69) is 15.5 Å². The molecule has 0 saturated heterocycles. The van der Waals surface area contributed by atoms with Crippen LogP contribution in [0.25, 0.3) is 20.0 Å². The summed E-state index contributed by atoms with van der Waals surface area (Å²) in [6.45, 7) is 0. The van der Waals surface area contributed by atoms with Gasteiger partial charge in [-0.3, -0.25) is 10.1 Å². The molecule has 0 atom stereocenters. The van der Waals surface area contributed by atoms with E-state index >= 15 is 0 Å². The van der Waals surface area contributed by atoms with E-state index in [1.165, 1.54) is 34.8 Å². The van der Waals surface area contributed by atoms with Crippen LogP contribution in [-0.2, 0) is 0 Å². The zero-order valence-corrected chi connectivity index (χ0v) is 15.9. The van der Waals surface area contributed by atoms with E-state index in [4.69, 9.17) is 23.2 Å². The molecule has 0 aliphatic carbocycles. The Morgan fingerprint density at radius 3 is 2.54 bits per heavy atom. The molecule has 4 aromatic rings. The molecular weight excluding hydrogens is 415 g/mol.